The van der Waals surface area contributed by atoms with E-state index in [2.05, 4.69) is 49.4 Å². The Morgan fingerprint density at radius 2 is 1.69 bits per heavy atom. The number of aliphatic imine (C=N–C) groups is 1. The van der Waals surface area contributed by atoms with Crippen molar-refractivity contribution in [3.63, 3.8) is 0 Å². The van der Waals surface area contributed by atoms with Crippen molar-refractivity contribution in [2.24, 2.45) is 39.8 Å². The summed E-state index contributed by atoms with van der Waals surface area (Å²) in [6.07, 6.45) is 12.2. The third-order valence-electron chi connectivity index (χ3n) is 10.8. The monoisotopic (exact) mass is 676 g/mol. The fourth-order valence-electron chi connectivity index (χ4n) is 7.69. The maximum absolute atomic E-state index is 13.7. The Labute approximate surface area is 288 Å². The van der Waals surface area contributed by atoms with Gasteiger partial charge in [-0.2, -0.15) is 5.26 Å². The summed E-state index contributed by atoms with van der Waals surface area (Å²) < 4.78 is 6.53. The summed E-state index contributed by atoms with van der Waals surface area (Å²) in [5.74, 6) is -0.176. The highest BCUT2D eigenvalue weighted by Crippen LogP contribution is 2.65. The number of hydrogen-bond acceptors (Lipinski definition) is 7. The SMILES string of the molecule is CC(C)C[C@H](NC(=O)[C@H](CCCN=C(N)N[N+](=O)O)NC(=O)CCCCCCCCCCC#N)B(O)O[C@]1(C)[C@H](C)C[C@@H]2C[C@H]1C2(C)C. The number of amides is 2. The molecule has 3 saturated carbocycles. The Morgan fingerprint density at radius 1 is 1.06 bits per heavy atom. The topological polar surface area (TPSA) is 202 Å². The zero-order chi connectivity index (χ0) is 35.9. The van der Waals surface area contributed by atoms with Gasteiger partial charge in [0.05, 0.1) is 17.6 Å². The van der Waals surface area contributed by atoms with Crippen LogP contribution < -0.4 is 21.8 Å². The number of unbranched alkanes of at least 4 members (excludes halogenated alkanes) is 8. The molecule has 0 aromatic rings. The highest BCUT2D eigenvalue weighted by molar-refractivity contribution is 6.45. The number of carbonyl (C=O) groups excluding carboxylic acids is 2. The van der Waals surface area contributed by atoms with E-state index in [-0.39, 0.29) is 42.1 Å². The molecular formula is C34H63BN7O6+. The van der Waals surface area contributed by atoms with Crippen LogP contribution in [0.25, 0.3) is 0 Å². The number of nitrogens with two attached hydrogens (primary N) is 1. The van der Waals surface area contributed by atoms with Gasteiger partial charge >= 0.3 is 12.2 Å². The van der Waals surface area contributed by atoms with Crippen molar-refractivity contribution < 1.29 is 29.5 Å². The molecular weight excluding hydrogens is 613 g/mol. The predicted molar refractivity (Wildman–Crippen MR) is 186 cm³/mol. The number of carbonyl (C=O) groups is 2. The fraction of sp³-hybridized carbons (Fsp3) is 0.882. The average molecular weight is 677 g/mol. The Bertz CT molecular complexity index is 1120. The summed E-state index contributed by atoms with van der Waals surface area (Å²) >= 11 is 0. The van der Waals surface area contributed by atoms with Gasteiger partial charge in [-0.05, 0) is 86.4 Å². The fourth-order valence-corrected chi connectivity index (χ4v) is 7.69. The van der Waals surface area contributed by atoms with E-state index >= 15 is 0 Å². The Kier molecular flexibility index (Phi) is 17.1. The van der Waals surface area contributed by atoms with Crippen LogP contribution in [-0.4, -0.2) is 64.3 Å². The Hall–Kier alpha value is -2.92. The van der Waals surface area contributed by atoms with Crippen molar-refractivity contribution in [1.29, 1.82) is 5.26 Å². The van der Waals surface area contributed by atoms with Crippen LogP contribution >= 0.6 is 0 Å². The molecule has 3 fully saturated rings. The van der Waals surface area contributed by atoms with Crippen molar-refractivity contribution in [2.75, 3.05) is 6.54 Å². The van der Waals surface area contributed by atoms with E-state index in [1.165, 1.54) is 0 Å². The van der Waals surface area contributed by atoms with Crippen molar-refractivity contribution in [3.8, 4) is 6.07 Å². The van der Waals surface area contributed by atoms with Crippen molar-refractivity contribution in [2.45, 2.75) is 155 Å². The third kappa shape index (κ3) is 12.8. The zero-order valence-electron chi connectivity index (χ0n) is 30.3. The van der Waals surface area contributed by atoms with E-state index in [1.54, 1.807) is 0 Å². The molecule has 0 aromatic heterocycles. The Balaban J connectivity index is 2.01. The van der Waals surface area contributed by atoms with E-state index < -0.39 is 35.6 Å². The lowest BCUT2D eigenvalue weighted by Gasteiger charge is -2.66. The molecule has 2 bridgehead atoms. The molecule has 0 spiro atoms. The minimum Gasteiger partial charge on any atom is -0.426 e. The molecule has 13 nitrogen and oxygen atoms in total. The Morgan fingerprint density at radius 3 is 2.27 bits per heavy atom. The van der Waals surface area contributed by atoms with Gasteiger partial charge in [-0.1, -0.05) is 73.1 Å². The molecule has 48 heavy (non-hydrogen) atoms. The van der Waals surface area contributed by atoms with Gasteiger partial charge in [-0.25, -0.2) is 10.2 Å². The molecule has 0 radical (unpaired) electrons. The molecule has 3 aliphatic rings. The first-order valence-corrected chi connectivity index (χ1v) is 18.2. The summed E-state index contributed by atoms with van der Waals surface area (Å²) in [6.45, 7) is 13.0. The molecule has 272 valence electrons. The highest BCUT2D eigenvalue weighted by Gasteiger charge is 2.63. The molecule has 0 unspecified atom stereocenters. The molecule has 0 saturated heterocycles. The van der Waals surface area contributed by atoms with E-state index in [1.807, 2.05) is 19.3 Å². The second-order valence-electron chi connectivity index (χ2n) is 15.3. The molecule has 14 heteroatoms. The maximum Gasteiger partial charge on any atom is 0.478 e. The van der Waals surface area contributed by atoms with Crippen molar-refractivity contribution in [3.05, 3.63) is 4.91 Å². The van der Waals surface area contributed by atoms with Crippen LogP contribution in [0.4, 0.5) is 0 Å². The summed E-state index contributed by atoms with van der Waals surface area (Å²) in [7, 11) is -1.22. The molecule has 0 heterocycles. The number of fused-ring (bicyclic) bond motifs is 2. The first-order chi connectivity index (χ1) is 22.6. The number of hydrogen-bond donors (Lipinski definition) is 6. The first-order valence-electron chi connectivity index (χ1n) is 18.2. The minimum absolute atomic E-state index is 0.135. The van der Waals surface area contributed by atoms with Gasteiger partial charge in [0.15, 0.2) is 0 Å². The number of hydrazine groups is 1. The molecule has 3 rings (SSSR count). The van der Waals surface area contributed by atoms with Crippen LogP contribution in [0.15, 0.2) is 4.99 Å². The van der Waals surface area contributed by atoms with Gasteiger partial charge in [-0.3, -0.25) is 9.59 Å². The van der Waals surface area contributed by atoms with Crippen LogP contribution in [0.1, 0.15) is 138 Å². The molecule has 0 aromatic carbocycles. The number of nitrogens with zero attached hydrogens (tertiary/aromatic N) is 3. The zero-order valence-corrected chi connectivity index (χ0v) is 30.3. The first kappa shape index (κ1) is 41.3. The molecule has 7 N–H and O–H groups in total. The second kappa shape index (κ2) is 19.9. The van der Waals surface area contributed by atoms with Crippen LogP contribution in [0, 0.1) is 45.3 Å². The molecule has 2 amide bonds. The van der Waals surface area contributed by atoms with Crippen molar-refractivity contribution >= 4 is 24.9 Å². The smallest absolute Gasteiger partial charge is 0.426 e. The maximum atomic E-state index is 13.7. The van der Waals surface area contributed by atoms with Crippen molar-refractivity contribution in [1.82, 2.24) is 16.1 Å². The van der Waals surface area contributed by atoms with Crippen LogP contribution in [0.3, 0.4) is 0 Å². The van der Waals surface area contributed by atoms with Gasteiger partial charge in [0.25, 0.3) is 5.96 Å². The number of nitriles is 1. The van der Waals surface area contributed by atoms with Gasteiger partial charge in [0, 0.05) is 19.4 Å². The van der Waals surface area contributed by atoms with E-state index in [0.29, 0.717) is 43.9 Å². The number of rotatable bonds is 23. The lowest BCUT2D eigenvalue weighted by molar-refractivity contribution is -0.822. The normalized spacial score (nSPS) is 24.1. The van der Waals surface area contributed by atoms with E-state index in [4.69, 9.17) is 20.9 Å². The third-order valence-corrected chi connectivity index (χ3v) is 10.8. The van der Waals surface area contributed by atoms with E-state index in [9.17, 15) is 19.5 Å². The summed E-state index contributed by atoms with van der Waals surface area (Å²) in [5.41, 5.74) is 7.08. The number of nitrogens with one attached hydrogen (secondary N) is 3. The average Bonchev–Trinajstić information content (AvgIpc) is 2.99. The van der Waals surface area contributed by atoms with Gasteiger partial charge < -0.3 is 26.0 Å². The molecule has 3 aliphatic carbocycles. The highest BCUT2D eigenvalue weighted by atomic mass is 16.7. The van der Waals surface area contributed by atoms with Gasteiger partial charge in [0.2, 0.25) is 11.8 Å². The minimum atomic E-state index is -1.22. The number of guanidine groups is 1. The van der Waals surface area contributed by atoms with E-state index in [0.717, 1.165) is 57.8 Å². The van der Waals surface area contributed by atoms with Crippen LogP contribution in [-0.2, 0) is 14.2 Å². The largest absolute Gasteiger partial charge is 0.478 e. The summed E-state index contributed by atoms with van der Waals surface area (Å²) in [6, 6.07) is 1.30. The summed E-state index contributed by atoms with van der Waals surface area (Å²) in [4.78, 5) is 41.4. The van der Waals surface area contributed by atoms with Crippen LogP contribution in [0.5, 0.6) is 0 Å². The van der Waals surface area contributed by atoms with Crippen LogP contribution in [0.2, 0.25) is 0 Å². The molecule has 0 aliphatic heterocycles. The summed E-state index contributed by atoms with van der Waals surface area (Å²) in [5, 5.41) is 34.2. The standard InChI is InChI=1S/C34H62BN7O6/c1-24(2)21-29(35(45)48-34(6)25(3)22-26-23-28(34)33(26,4)5)40-31(44)27(17-16-20-38-32(37)41-42(46)47)39-30(43)18-14-12-10-8-7-9-11-13-15-19-36/h24-29,45H,7-18,20-23H2,1-6H3,(H5-,37,38,39,40,41,43,44,46,47)/p+1/t25-,26-,27+,28+,29+,34-/m1/s1. The lowest BCUT2D eigenvalue weighted by atomic mass is 9.41. The predicted octanol–water partition coefficient (Wildman–Crippen LogP) is 4.69. The molecule has 6 atom stereocenters. The lowest BCUT2D eigenvalue weighted by Crippen LogP contribution is -2.67. The van der Waals surface area contributed by atoms with Gasteiger partial charge in [-0.15, -0.1) is 0 Å². The van der Waals surface area contributed by atoms with Gasteiger partial charge in [0.1, 0.15) is 10.9 Å². The quantitative estimate of drug-likeness (QED) is 0.0292. The second-order valence-corrected chi connectivity index (χ2v) is 15.3.